The van der Waals surface area contributed by atoms with Crippen molar-refractivity contribution in [1.82, 2.24) is 10.2 Å². The number of hydrogen-bond acceptors (Lipinski definition) is 3. The minimum Gasteiger partial charge on any atom is -0.329 e. The molecule has 0 aromatic heterocycles. The van der Waals surface area contributed by atoms with Crippen LogP contribution in [0.5, 0.6) is 0 Å². The molecule has 3 heteroatoms. The van der Waals surface area contributed by atoms with Crippen molar-refractivity contribution in [1.29, 1.82) is 0 Å². The quantitative estimate of drug-likeness (QED) is 0.744. The molecule has 0 amide bonds. The second-order valence-electron chi connectivity index (χ2n) is 7.08. The van der Waals surface area contributed by atoms with Gasteiger partial charge in [0.15, 0.2) is 0 Å². The normalized spacial score (nSPS) is 25.7. The molecule has 3 N–H and O–H groups in total. The average Bonchev–Trinajstić information content (AvgIpc) is 3.21. The first-order chi connectivity index (χ1) is 9.09. The molecule has 1 saturated carbocycles. The van der Waals surface area contributed by atoms with E-state index in [1.54, 1.807) is 0 Å². The average molecular weight is 267 g/mol. The van der Waals surface area contributed by atoms with Crippen LogP contribution in [0.25, 0.3) is 0 Å². The van der Waals surface area contributed by atoms with Crippen molar-refractivity contribution in [3.63, 3.8) is 0 Å². The molecule has 1 aliphatic heterocycles. The molecule has 2 fully saturated rings. The number of rotatable bonds is 7. The van der Waals surface area contributed by atoms with Gasteiger partial charge in [0, 0.05) is 37.3 Å². The molecule has 0 radical (unpaired) electrons. The van der Waals surface area contributed by atoms with Crippen molar-refractivity contribution in [2.45, 2.75) is 76.9 Å². The highest BCUT2D eigenvalue weighted by atomic mass is 15.2. The predicted molar refractivity (Wildman–Crippen MR) is 82.3 cm³/mol. The van der Waals surface area contributed by atoms with Crippen LogP contribution >= 0.6 is 0 Å². The summed E-state index contributed by atoms with van der Waals surface area (Å²) in [6.07, 6.45) is 7.82. The van der Waals surface area contributed by atoms with Crippen molar-refractivity contribution in [3.8, 4) is 0 Å². The highest BCUT2D eigenvalue weighted by molar-refractivity contribution is 4.95. The van der Waals surface area contributed by atoms with Crippen LogP contribution in [0.2, 0.25) is 0 Å². The Balaban J connectivity index is 1.88. The zero-order valence-corrected chi connectivity index (χ0v) is 13.1. The van der Waals surface area contributed by atoms with E-state index in [4.69, 9.17) is 5.73 Å². The number of likely N-dealkylation sites (tertiary alicyclic amines) is 1. The molecule has 1 aliphatic carbocycles. The first kappa shape index (κ1) is 15.3. The Kier molecular flexibility index (Phi) is 5.27. The number of nitrogens with one attached hydrogen (secondary N) is 1. The molecular formula is C16H33N3. The van der Waals surface area contributed by atoms with Crippen molar-refractivity contribution < 1.29 is 0 Å². The van der Waals surface area contributed by atoms with Gasteiger partial charge < -0.3 is 11.1 Å². The fourth-order valence-corrected chi connectivity index (χ4v) is 3.72. The van der Waals surface area contributed by atoms with Gasteiger partial charge in [-0.25, -0.2) is 0 Å². The van der Waals surface area contributed by atoms with Crippen LogP contribution in [0.3, 0.4) is 0 Å². The number of nitrogens with zero attached hydrogens (tertiary/aromatic N) is 1. The standard InChI is InChI=1S/C16H33N3/c1-4-16(12-17,11-13(2)3)19-9-7-15(8-10-19)18-14-5-6-14/h13-15,18H,4-12,17H2,1-3H3. The maximum absolute atomic E-state index is 6.17. The van der Waals surface area contributed by atoms with Crippen LogP contribution in [-0.2, 0) is 0 Å². The summed E-state index contributed by atoms with van der Waals surface area (Å²) in [6, 6.07) is 1.60. The molecule has 2 aliphatic rings. The summed E-state index contributed by atoms with van der Waals surface area (Å²) in [7, 11) is 0. The van der Waals surface area contributed by atoms with Crippen LogP contribution in [0.4, 0.5) is 0 Å². The smallest absolute Gasteiger partial charge is 0.0331 e. The Morgan fingerprint density at radius 3 is 2.16 bits per heavy atom. The summed E-state index contributed by atoms with van der Waals surface area (Å²) in [4.78, 5) is 2.69. The van der Waals surface area contributed by atoms with Gasteiger partial charge in [-0.15, -0.1) is 0 Å². The molecule has 0 bridgehead atoms. The summed E-state index contributed by atoms with van der Waals surface area (Å²) in [5.41, 5.74) is 6.41. The molecule has 1 heterocycles. The van der Waals surface area contributed by atoms with Crippen molar-refractivity contribution in [2.24, 2.45) is 11.7 Å². The maximum Gasteiger partial charge on any atom is 0.0331 e. The van der Waals surface area contributed by atoms with E-state index in [1.165, 1.54) is 51.6 Å². The van der Waals surface area contributed by atoms with Gasteiger partial charge in [-0.3, -0.25) is 4.90 Å². The van der Waals surface area contributed by atoms with Crippen LogP contribution in [-0.4, -0.2) is 42.2 Å². The Bertz CT molecular complexity index is 261. The Morgan fingerprint density at radius 2 is 1.74 bits per heavy atom. The van der Waals surface area contributed by atoms with E-state index >= 15 is 0 Å². The Labute approximate surface area is 119 Å². The molecule has 1 unspecified atom stereocenters. The molecule has 1 atom stereocenters. The predicted octanol–water partition coefficient (Wildman–Crippen LogP) is 2.36. The summed E-state index contributed by atoms with van der Waals surface area (Å²) in [5.74, 6) is 0.728. The molecule has 3 nitrogen and oxygen atoms in total. The molecule has 19 heavy (non-hydrogen) atoms. The van der Waals surface area contributed by atoms with Crippen LogP contribution in [0.15, 0.2) is 0 Å². The first-order valence-electron chi connectivity index (χ1n) is 8.31. The third kappa shape index (κ3) is 3.93. The van der Waals surface area contributed by atoms with Crippen LogP contribution in [0, 0.1) is 5.92 Å². The van der Waals surface area contributed by atoms with E-state index in [0.717, 1.165) is 24.5 Å². The second kappa shape index (κ2) is 6.55. The van der Waals surface area contributed by atoms with E-state index in [9.17, 15) is 0 Å². The van der Waals surface area contributed by atoms with Crippen LogP contribution in [0.1, 0.15) is 59.3 Å². The summed E-state index contributed by atoms with van der Waals surface area (Å²) in [5, 5.41) is 3.78. The number of hydrogen-bond donors (Lipinski definition) is 2. The zero-order chi connectivity index (χ0) is 13.9. The highest BCUT2D eigenvalue weighted by Gasteiger charge is 2.37. The Morgan fingerprint density at radius 1 is 1.16 bits per heavy atom. The largest absolute Gasteiger partial charge is 0.329 e. The molecule has 112 valence electrons. The van der Waals surface area contributed by atoms with E-state index in [2.05, 4.69) is 31.0 Å². The first-order valence-corrected chi connectivity index (χ1v) is 8.31. The van der Waals surface area contributed by atoms with Gasteiger partial charge in [-0.2, -0.15) is 0 Å². The van der Waals surface area contributed by atoms with Crippen molar-refractivity contribution >= 4 is 0 Å². The zero-order valence-electron chi connectivity index (χ0n) is 13.1. The lowest BCUT2D eigenvalue weighted by Crippen LogP contribution is -2.58. The van der Waals surface area contributed by atoms with Gasteiger partial charge in [-0.1, -0.05) is 20.8 Å². The van der Waals surface area contributed by atoms with Gasteiger partial charge in [0.25, 0.3) is 0 Å². The topological polar surface area (TPSA) is 41.3 Å². The van der Waals surface area contributed by atoms with Crippen molar-refractivity contribution in [3.05, 3.63) is 0 Å². The van der Waals surface area contributed by atoms with Gasteiger partial charge in [-0.05, 0) is 44.4 Å². The molecule has 0 spiro atoms. The Hall–Kier alpha value is -0.120. The fraction of sp³-hybridized carbons (Fsp3) is 1.00. The lowest BCUT2D eigenvalue weighted by atomic mass is 9.83. The van der Waals surface area contributed by atoms with E-state index in [-0.39, 0.29) is 5.54 Å². The van der Waals surface area contributed by atoms with Gasteiger partial charge >= 0.3 is 0 Å². The van der Waals surface area contributed by atoms with E-state index < -0.39 is 0 Å². The summed E-state index contributed by atoms with van der Waals surface area (Å²) < 4.78 is 0. The van der Waals surface area contributed by atoms with Crippen LogP contribution < -0.4 is 11.1 Å². The lowest BCUT2D eigenvalue weighted by molar-refractivity contribution is 0.0417. The molecule has 1 saturated heterocycles. The monoisotopic (exact) mass is 267 g/mol. The van der Waals surface area contributed by atoms with Crippen molar-refractivity contribution in [2.75, 3.05) is 19.6 Å². The molecule has 0 aromatic rings. The fourth-order valence-electron chi connectivity index (χ4n) is 3.72. The molecule has 2 rings (SSSR count). The summed E-state index contributed by atoms with van der Waals surface area (Å²) >= 11 is 0. The third-order valence-corrected chi connectivity index (χ3v) is 5.04. The third-order valence-electron chi connectivity index (χ3n) is 5.04. The van der Waals surface area contributed by atoms with E-state index in [1.807, 2.05) is 0 Å². The summed E-state index contributed by atoms with van der Waals surface area (Å²) in [6.45, 7) is 10.2. The molecular weight excluding hydrogens is 234 g/mol. The second-order valence-corrected chi connectivity index (χ2v) is 7.08. The highest BCUT2D eigenvalue weighted by Crippen LogP contribution is 2.31. The van der Waals surface area contributed by atoms with E-state index in [0.29, 0.717) is 0 Å². The maximum atomic E-state index is 6.17. The van der Waals surface area contributed by atoms with Gasteiger partial charge in [0.2, 0.25) is 0 Å². The van der Waals surface area contributed by atoms with Gasteiger partial charge in [0.1, 0.15) is 0 Å². The SMILES string of the molecule is CCC(CN)(CC(C)C)N1CCC(NC2CC2)CC1. The van der Waals surface area contributed by atoms with Gasteiger partial charge in [0.05, 0.1) is 0 Å². The lowest BCUT2D eigenvalue weighted by Gasteiger charge is -2.47. The number of nitrogens with two attached hydrogens (primary N) is 1. The minimum atomic E-state index is 0.249. The minimum absolute atomic E-state index is 0.249. The number of piperidine rings is 1. The molecule has 0 aromatic carbocycles.